The van der Waals surface area contributed by atoms with Gasteiger partial charge < -0.3 is 19.6 Å². The maximum Gasteiger partial charge on any atom is 0.306 e. The topological polar surface area (TPSA) is 86.2 Å². The van der Waals surface area contributed by atoms with Crippen LogP contribution < -0.4 is 9.64 Å². The molecule has 2 fully saturated rings. The van der Waals surface area contributed by atoms with Gasteiger partial charge in [0.1, 0.15) is 12.4 Å². The Morgan fingerprint density at radius 2 is 1.77 bits per heavy atom. The quantitative estimate of drug-likeness (QED) is 0.415. The van der Waals surface area contributed by atoms with Gasteiger partial charge in [0.2, 0.25) is 5.91 Å². The largest absolute Gasteiger partial charge is 0.488 e. The molecule has 1 amide bonds. The molecular weight excluding hydrogens is 524 g/mol. The number of carbonyl (C=O) groups is 2. The maximum atomic E-state index is 11.6. The van der Waals surface area contributed by atoms with Gasteiger partial charge in [-0.05, 0) is 55.0 Å². The zero-order valence-corrected chi connectivity index (χ0v) is 24.4. The minimum Gasteiger partial charge on any atom is -0.488 e. The Morgan fingerprint density at radius 3 is 2.45 bits per heavy atom. The summed E-state index contributed by atoms with van der Waals surface area (Å²) in [5, 5.41) is 12.3. The third kappa shape index (κ3) is 6.47. The van der Waals surface area contributed by atoms with Gasteiger partial charge in [-0.15, -0.1) is 11.3 Å². The Bertz CT molecular complexity index is 1360. The van der Waals surface area contributed by atoms with E-state index in [9.17, 15) is 14.7 Å². The molecule has 2 aliphatic rings. The molecule has 0 spiro atoms. The maximum absolute atomic E-state index is 11.6. The summed E-state index contributed by atoms with van der Waals surface area (Å²) in [5.74, 6) is 0.0452. The second-order valence-electron chi connectivity index (χ2n) is 10.9. The number of aliphatic carboxylic acids is 1. The predicted octanol–water partition coefficient (Wildman–Crippen LogP) is 4.97. The smallest absolute Gasteiger partial charge is 0.306 e. The Balaban J connectivity index is 1.23. The number of carbonyl (C=O) groups excluding carboxylic acids is 1. The van der Waals surface area contributed by atoms with Crippen LogP contribution >= 0.6 is 11.3 Å². The van der Waals surface area contributed by atoms with Crippen molar-refractivity contribution in [1.29, 1.82) is 0 Å². The Kier molecular flexibility index (Phi) is 8.71. The number of benzene rings is 2. The monoisotopic (exact) mass is 562 g/mol. The third-order valence-corrected chi connectivity index (χ3v) is 9.00. The summed E-state index contributed by atoms with van der Waals surface area (Å²) in [5.41, 5.74) is 6.55. The SMILES string of the molecule is CC(=O)N1CCN(Cc2ccc(COc3c(C)cccc3-c3csc(N4CCC(C(=O)O)CC4)n3)c(C)c2)CC1. The first-order valence-electron chi connectivity index (χ1n) is 14.0. The zero-order chi connectivity index (χ0) is 28.2. The molecule has 0 radical (unpaired) electrons. The summed E-state index contributed by atoms with van der Waals surface area (Å²) in [4.78, 5) is 34.3. The fourth-order valence-electron chi connectivity index (χ4n) is 5.54. The number of nitrogens with zero attached hydrogens (tertiary/aromatic N) is 4. The molecule has 8 nitrogen and oxygen atoms in total. The third-order valence-electron chi connectivity index (χ3n) is 8.10. The van der Waals surface area contributed by atoms with E-state index in [0.29, 0.717) is 32.5 Å². The number of aromatic nitrogens is 1. The number of hydrogen-bond acceptors (Lipinski definition) is 7. The molecule has 40 heavy (non-hydrogen) atoms. The molecule has 2 aromatic carbocycles. The molecule has 9 heteroatoms. The number of thiazole rings is 1. The molecule has 0 bridgehead atoms. The number of hydrogen-bond donors (Lipinski definition) is 1. The van der Waals surface area contributed by atoms with Gasteiger partial charge in [-0.3, -0.25) is 14.5 Å². The minimum atomic E-state index is -0.699. The van der Waals surface area contributed by atoms with Crippen LogP contribution in [0, 0.1) is 19.8 Å². The van der Waals surface area contributed by atoms with E-state index >= 15 is 0 Å². The number of para-hydroxylation sites is 1. The van der Waals surface area contributed by atoms with Crippen LogP contribution in [-0.2, 0) is 22.7 Å². The Labute approximate surface area is 240 Å². The molecule has 1 aromatic heterocycles. The van der Waals surface area contributed by atoms with Gasteiger partial charge in [-0.25, -0.2) is 4.98 Å². The minimum absolute atomic E-state index is 0.157. The number of amides is 1. The standard InChI is InChI=1S/C31H38N4O4S/c1-21-5-4-6-27(28-20-40-31(32-28)35-11-9-25(10-12-35)30(37)38)29(21)39-19-26-8-7-24(17-22(26)2)18-33-13-15-34(16-14-33)23(3)36/h4-8,17,20,25H,9-16,18-19H2,1-3H3,(H,37,38). The summed E-state index contributed by atoms with van der Waals surface area (Å²) >= 11 is 1.60. The predicted molar refractivity (Wildman–Crippen MR) is 158 cm³/mol. The van der Waals surface area contributed by atoms with E-state index in [1.807, 2.05) is 11.0 Å². The van der Waals surface area contributed by atoms with Gasteiger partial charge in [0, 0.05) is 63.7 Å². The second-order valence-corrected chi connectivity index (χ2v) is 11.7. The van der Waals surface area contributed by atoms with Crippen molar-refractivity contribution in [2.75, 3.05) is 44.2 Å². The van der Waals surface area contributed by atoms with E-state index in [1.165, 1.54) is 11.1 Å². The van der Waals surface area contributed by atoms with Crippen molar-refractivity contribution in [2.45, 2.75) is 46.8 Å². The molecular formula is C31H38N4O4S. The number of ether oxygens (including phenoxy) is 1. The summed E-state index contributed by atoms with van der Waals surface area (Å²) in [6.07, 6.45) is 1.30. The molecule has 0 aliphatic carbocycles. The van der Waals surface area contributed by atoms with E-state index in [-0.39, 0.29) is 11.8 Å². The average Bonchev–Trinajstić information content (AvgIpc) is 3.44. The highest BCUT2D eigenvalue weighted by Crippen LogP contribution is 2.37. The lowest BCUT2D eigenvalue weighted by Gasteiger charge is -2.34. The molecule has 2 aliphatic heterocycles. The lowest BCUT2D eigenvalue weighted by Crippen LogP contribution is -2.47. The highest BCUT2D eigenvalue weighted by atomic mass is 32.1. The van der Waals surface area contributed by atoms with Crippen molar-refractivity contribution in [1.82, 2.24) is 14.8 Å². The van der Waals surface area contributed by atoms with Crippen LogP contribution in [0.15, 0.2) is 41.8 Å². The highest BCUT2D eigenvalue weighted by Gasteiger charge is 2.26. The first-order chi connectivity index (χ1) is 19.3. The number of anilines is 1. The second kappa shape index (κ2) is 12.4. The number of carboxylic acids is 1. The summed E-state index contributed by atoms with van der Waals surface area (Å²) in [6.45, 7) is 12.0. The van der Waals surface area contributed by atoms with Crippen LogP contribution in [-0.4, -0.2) is 71.0 Å². The first kappa shape index (κ1) is 28.1. The van der Waals surface area contributed by atoms with E-state index in [4.69, 9.17) is 9.72 Å². The fourth-order valence-corrected chi connectivity index (χ4v) is 6.42. The van der Waals surface area contributed by atoms with Crippen molar-refractivity contribution in [2.24, 2.45) is 5.92 Å². The average molecular weight is 563 g/mol. The Hall–Kier alpha value is -3.43. The number of rotatable bonds is 8. The van der Waals surface area contributed by atoms with Crippen molar-refractivity contribution in [3.8, 4) is 17.0 Å². The van der Waals surface area contributed by atoms with E-state index < -0.39 is 5.97 Å². The lowest BCUT2D eigenvalue weighted by molar-refractivity contribution is -0.142. The molecule has 0 saturated carbocycles. The highest BCUT2D eigenvalue weighted by molar-refractivity contribution is 7.14. The molecule has 212 valence electrons. The zero-order valence-electron chi connectivity index (χ0n) is 23.6. The molecule has 3 heterocycles. The van der Waals surface area contributed by atoms with Crippen LogP contribution in [0.2, 0.25) is 0 Å². The van der Waals surface area contributed by atoms with E-state index in [0.717, 1.165) is 66.0 Å². The molecule has 5 rings (SSSR count). The van der Waals surface area contributed by atoms with Crippen LogP contribution in [0.4, 0.5) is 5.13 Å². The van der Waals surface area contributed by atoms with Gasteiger partial charge in [0.25, 0.3) is 0 Å². The van der Waals surface area contributed by atoms with Crippen molar-refractivity contribution < 1.29 is 19.4 Å². The summed E-state index contributed by atoms with van der Waals surface area (Å²) in [6, 6.07) is 12.7. The normalized spacial score (nSPS) is 16.8. The van der Waals surface area contributed by atoms with Crippen molar-refractivity contribution in [3.63, 3.8) is 0 Å². The number of piperidine rings is 1. The molecule has 3 aromatic rings. The molecule has 1 N–H and O–H groups in total. The number of carboxylic acid groups (broad SMARTS) is 1. The van der Waals surface area contributed by atoms with Gasteiger partial charge in [-0.2, -0.15) is 0 Å². The molecule has 2 saturated heterocycles. The first-order valence-corrected chi connectivity index (χ1v) is 14.9. The van der Waals surface area contributed by atoms with Crippen molar-refractivity contribution in [3.05, 3.63) is 64.0 Å². The molecule has 0 unspecified atom stereocenters. The number of piperazine rings is 1. The van der Waals surface area contributed by atoms with E-state index in [2.05, 4.69) is 59.4 Å². The van der Waals surface area contributed by atoms with Gasteiger partial charge in [0.15, 0.2) is 5.13 Å². The van der Waals surface area contributed by atoms with Crippen LogP contribution in [0.25, 0.3) is 11.3 Å². The lowest BCUT2D eigenvalue weighted by atomic mass is 9.97. The van der Waals surface area contributed by atoms with Crippen LogP contribution in [0.3, 0.4) is 0 Å². The Morgan fingerprint density at radius 1 is 1.02 bits per heavy atom. The summed E-state index contributed by atoms with van der Waals surface area (Å²) in [7, 11) is 0. The van der Waals surface area contributed by atoms with Gasteiger partial charge in [0.05, 0.1) is 11.6 Å². The van der Waals surface area contributed by atoms with Gasteiger partial charge >= 0.3 is 5.97 Å². The fraction of sp³-hybridized carbons (Fsp3) is 0.452. The van der Waals surface area contributed by atoms with Crippen LogP contribution in [0.1, 0.15) is 42.0 Å². The summed E-state index contributed by atoms with van der Waals surface area (Å²) < 4.78 is 6.45. The number of aryl methyl sites for hydroxylation is 2. The molecule has 0 atom stereocenters. The van der Waals surface area contributed by atoms with Crippen LogP contribution in [0.5, 0.6) is 5.75 Å². The van der Waals surface area contributed by atoms with Gasteiger partial charge in [-0.1, -0.05) is 30.3 Å². The van der Waals surface area contributed by atoms with E-state index in [1.54, 1.807) is 18.3 Å². The van der Waals surface area contributed by atoms with Crippen molar-refractivity contribution >= 4 is 28.3 Å².